The minimum atomic E-state index is -0.384. The van der Waals surface area contributed by atoms with E-state index in [-0.39, 0.29) is 11.9 Å². The van der Waals surface area contributed by atoms with Gasteiger partial charge < -0.3 is 13.9 Å². The van der Waals surface area contributed by atoms with Gasteiger partial charge in [-0.1, -0.05) is 28.1 Å². The van der Waals surface area contributed by atoms with Gasteiger partial charge in [-0.2, -0.15) is 0 Å². The Morgan fingerprint density at radius 3 is 3.04 bits per heavy atom. The summed E-state index contributed by atoms with van der Waals surface area (Å²) in [7, 11) is 0. The Morgan fingerprint density at radius 1 is 1.35 bits per heavy atom. The summed E-state index contributed by atoms with van der Waals surface area (Å²) in [6.45, 7) is 1.08. The number of furan rings is 1. The maximum atomic E-state index is 13.1. The highest BCUT2D eigenvalue weighted by molar-refractivity contribution is 9.10. The van der Waals surface area contributed by atoms with Gasteiger partial charge >= 0.3 is 0 Å². The van der Waals surface area contributed by atoms with E-state index in [0.29, 0.717) is 13.1 Å². The minimum absolute atomic E-state index is 0.0646. The summed E-state index contributed by atoms with van der Waals surface area (Å²) < 4.78 is 8.02. The monoisotopic (exact) mass is 371 g/mol. The number of halogens is 1. The normalized spacial score (nSPS) is 17.3. The van der Waals surface area contributed by atoms with Crippen molar-refractivity contribution in [2.75, 3.05) is 0 Å². The van der Waals surface area contributed by atoms with Crippen LogP contribution in [0.4, 0.5) is 0 Å². The smallest absolute Gasteiger partial charge is 0.250 e. The van der Waals surface area contributed by atoms with Crippen LogP contribution in [0, 0.1) is 0 Å². The number of benzene rings is 1. The number of imidazole rings is 1. The summed E-state index contributed by atoms with van der Waals surface area (Å²) in [6.07, 6.45) is 6.85. The quantitative estimate of drug-likeness (QED) is 0.709. The molecule has 5 nitrogen and oxygen atoms in total. The summed E-state index contributed by atoms with van der Waals surface area (Å²) >= 11 is 3.48. The van der Waals surface area contributed by atoms with Crippen molar-refractivity contribution in [2.24, 2.45) is 0 Å². The van der Waals surface area contributed by atoms with E-state index in [1.807, 2.05) is 46.0 Å². The molecular weight excluding hydrogens is 358 g/mol. The van der Waals surface area contributed by atoms with Crippen LogP contribution in [-0.2, 0) is 17.9 Å². The molecule has 23 heavy (non-hydrogen) atoms. The van der Waals surface area contributed by atoms with Crippen molar-refractivity contribution >= 4 is 21.8 Å². The number of nitrogens with zero attached hydrogens (tertiary/aromatic N) is 3. The van der Waals surface area contributed by atoms with Gasteiger partial charge in [0.15, 0.2) is 0 Å². The van der Waals surface area contributed by atoms with Gasteiger partial charge in [-0.3, -0.25) is 4.79 Å². The SMILES string of the molecule is O=C1C(c2cccc(Br)c2)n2cncc2CN1Cc1ccoc1. The lowest BCUT2D eigenvalue weighted by Gasteiger charge is -2.34. The van der Waals surface area contributed by atoms with Gasteiger partial charge in [-0.05, 0) is 23.8 Å². The first-order chi connectivity index (χ1) is 11.2. The van der Waals surface area contributed by atoms with Crippen LogP contribution in [0.15, 0.2) is 64.3 Å². The predicted octanol–water partition coefficient (Wildman–Crippen LogP) is 3.37. The second-order valence-electron chi connectivity index (χ2n) is 5.58. The Labute approximate surface area is 141 Å². The van der Waals surface area contributed by atoms with Gasteiger partial charge in [-0.25, -0.2) is 4.98 Å². The molecule has 2 aromatic heterocycles. The molecule has 0 bridgehead atoms. The summed E-state index contributed by atoms with van der Waals surface area (Å²) in [5.74, 6) is 0.0646. The van der Waals surface area contributed by atoms with E-state index >= 15 is 0 Å². The molecule has 0 radical (unpaired) electrons. The predicted molar refractivity (Wildman–Crippen MR) is 87.5 cm³/mol. The Morgan fingerprint density at radius 2 is 2.26 bits per heavy atom. The van der Waals surface area contributed by atoms with E-state index in [2.05, 4.69) is 20.9 Å². The number of aromatic nitrogens is 2. The van der Waals surface area contributed by atoms with Crippen LogP contribution in [0.25, 0.3) is 0 Å². The summed E-state index contributed by atoms with van der Waals surface area (Å²) in [6, 6.07) is 9.35. The molecule has 1 amide bonds. The van der Waals surface area contributed by atoms with Crippen LogP contribution in [-0.4, -0.2) is 20.4 Å². The van der Waals surface area contributed by atoms with Crippen molar-refractivity contribution in [3.8, 4) is 0 Å². The standard InChI is InChI=1S/C17H14BrN3O2/c18-14-3-1-2-13(6-14)16-17(22)20(8-12-4-5-23-10-12)9-15-7-19-11-21(15)16/h1-7,10-11,16H,8-9H2. The average Bonchev–Trinajstić information content (AvgIpc) is 3.19. The largest absolute Gasteiger partial charge is 0.472 e. The second kappa shape index (κ2) is 5.70. The zero-order valence-electron chi connectivity index (χ0n) is 12.2. The fourth-order valence-electron chi connectivity index (χ4n) is 2.97. The number of fused-ring (bicyclic) bond motifs is 1. The van der Waals surface area contributed by atoms with Crippen LogP contribution < -0.4 is 0 Å². The van der Waals surface area contributed by atoms with Crippen LogP contribution in [0.2, 0.25) is 0 Å². The third-order valence-corrected chi connectivity index (χ3v) is 4.53. The molecule has 1 aliphatic heterocycles. The van der Waals surface area contributed by atoms with Crippen LogP contribution in [0.5, 0.6) is 0 Å². The molecule has 1 unspecified atom stereocenters. The molecule has 0 aliphatic carbocycles. The Hall–Kier alpha value is -2.34. The van der Waals surface area contributed by atoms with Gasteiger partial charge in [0.05, 0.1) is 31.1 Å². The molecule has 3 aromatic rings. The second-order valence-corrected chi connectivity index (χ2v) is 6.49. The van der Waals surface area contributed by atoms with Crippen molar-refractivity contribution in [1.82, 2.24) is 14.5 Å². The number of carbonyl (C=O) groups excluding carboxylic acids is 1. The first kappa shape index (κ1) is 14.3. The number of hydrogen-bond acceptors (Lipinski definition) is 3. The lowest BCUT2D eigenvalue weighted by Crippen LogP contribution is -2.42. The number of amides is 1. The van der Waals surface area contributed by atoms with Crippen molar-refractivity contribution in [2.45, 2.75) is 19.1 Å². The molecule has 6 heteroatoms. The Kier molecular flexibility index (Phi) is 3.53. The molecule has 1 aliphatic rings. The van der Waals surface area contributed by atoms with Crippen molar-refractivity contribution in [3.05, 3.63) is 76.7 Å². The molecule has 3 heterocycles. The van der Waals surface area contributed by atoms with Gasteiger partial charge in [0.25, 0.3) is 5.91 Å². The average molecular weight is 372 g/mol. The molecular formula is C17H14BrN3O2. The molecule has 116 valence electrons. The van der Waals surface area contributed by atoms with Gasteiger partial charge in [0.1, 0.15) is 6.04 Å². The van der Waals surface area contributed by atoms with E-state index in [9.17, 15) is 4.79 Å². The van der Waals surface area contributed by atoms with Crippen LogP contribution in [0.3, 0.4) is 0 Å². The number of rotatable bonds is 3. The molecule has 1 aromatic carbocycles. The highest BCUT2D eigenvalue weighted by Crippen LogP contribution is 2.30. The van der Waals surface area contributed by atoms with E-state index in [0.717, 1.165) is 21.3 Å². The van der Waals surface area contributed by atoms with Crippen molar-refractivity contribution in [1.29, 1.82) is 0 Å². The zero-order valence-corrected chi connectivity index (χ0v) is 13.8. The Bertz CT molecular complexity index is 841. The maximum absolute atomic E-state index is 13.1. The van der Waals surface area contributed by atoms with Crippen LogP contribution >= 0.6 is 15.9 Å². The summed E-state index contributed by atoms with van der Waals surface area (Å²) in [5, 5.41) is 0. The third-order valence-electron chi connectivity index (χ3n) is 4.04. The lowest BCUT2D eigenvalue weighted by atomic mass is 10.0. The van der Waals surface area contributed by atoms with E-state index < -0.39 is 0 Å². The fourth-order valence-corrected chi connectivity index (χ4v) is 3.39. The summed E-state index contributed by atoms with van der Waals surface area (Å²) in [5.41, 5.74) is 2.96. The minimum Gasteiger partial charge on any atom is -0.472 e. The zero-order chi connectivity index (χ0) is 15.8. The molecule has 4 rings (SSSR count). The van der Waals surface area contributed by atoms with Gasteiger partial charge in [-0.15, -0.1) is 0 Å². The summed E-state index contributed by atoms with van der Waals surface area (Å²) in [4.78, 5) is 19.1. The first-order valence-corrected chi connectivity index (χ1v) is 8.08. The van der Waals surface area contributed by atoms with E-state index in [1.54, 1.807) is 18.9 Å². The molecule has 0 N–H and O–H groups in total. The number of carbonyl (C=O) groups is 1. The topological polar surface area (TPSA) is 51.3 Å². The number of hydrogen-bond donors (Lipinski definition) is 0. The van der Waals surface area contributed by atoms with Gasteiger partial charge in [0, 0.05) is 22.8 Å². The molecule has 0 saturated carbocycles. The van der Waals surface area contributed by atoms with Gasteiger partial charge in [0.2, 0.25) is 0 Å². The molecule has 0 saturated heterocycles. The van der Waals surface area contributed by atoms with Crippen molar-refractivity contribution in [3.63, 3.8) is 0 Å². The van der Waals surface area contributed by atoms with Crippen LogP contribution in [0.1, 0.15) is 22.9 Å². The fraction of sp³-hybridized carbons (Fsp3) is 0.176. The third kappa shape index (κ3) is 2.59. The maximum Gasteiger partial charge on any atom is 0.250 e. The Balaban J connectivity index is 1.74. The molecule has 1 atom stereocenters. The van der Waals surface area contributed by atoms with Crippen molar-refractivity contribution < 1.29 is 9.21 Å². The first-order valence-electron chi connectivity index (χ1n) is 7.28. The highest BCUT2D eigenvalue weighted by atomic mass is 79.9. The highest BCUT2D eigenvalue weighted by Gasteiger charge is 2.34. The lowest BCUT2D eigenvalue weighted by molar-refractivity contribution is -0.136. The van der Waals surface area contributed by atoms with E-state index in [1.165, 1.54) is 0 Å². The molecule has 0 spiro atoms. The van der Waals surface area contributed by atoms with E-state index in [4.69, 9.17) is 4.42 Å². The molecule has 0 fully saturated rings.